The van der Waals surface area contributed by atoms with Gasteiger partial charge in [0.25, 0.3) is 0 Å². The highest BCUT2D eigenvalue weighted by molar-refractivity contribution is 5.76. The summed E-state index contributed by atoms with van der Waals surface area (Å²) in [6.07, 6.45) is 1.28. The van der Waals surface area contributed by atoms with E-state index in [4.69, 9.17) is 14.6 Å². The Balaban J connectivity index is 4.00. The van der Waals surface area contributed by atoms with Crippen molar-refractivity contribution in [1.29, 1.82) is 0 Å². The molecular weight excluding hydrogens is 222 g/mol. The second kappa shape index (κ2) is 10.5. The van der Waals surface area contributed by atoms with Crippen molar-refractivity contribution < 1.29 is 19.4 Å². The van der Waals surface area contributed by atoms with Crippen LogP contribution in [-0.4, -0.2) is 62.5 Å². The van der Waals surface area contributed by atoms with E-state index in [0.29, 0.717) is 39.1 Å². The van der Waals surface area contributed by atoms with Crippen molar-refractivity contribution in [2.24, 2.45) is 0 Å². The normalized spacial score (nSPS) is 12.5. The molecular formula is C12H25NO4. The van der Waals surface area contributed by atoms with Crippen LogP contribution in [0.3, 0.4) is 0 Å². The van der Waals surface area contributed by atoms with Crippen LogP contribution in [0.15, 0.2) is 0 Å². The molecule has 0 aromatic rings. The first-order valence-corrected chi connectivity index (χ1v) is 6.05. The fraction of sp³-hybridized carbons (Fsp3) is 0.917. The number of carbonyl (C=O) groups is 1. The Morgan fingerprint density at radius 3 is 2.41 bits per heavy atom. The Kier molecular flexibility index (Phi) is 10.1. The van der Waals surface area contributed by atoms with Crippen LogP contribution >= 0.6 is 0 Å². The Morgan fingerprint density at radius 1 is 1.24 bits per heavy atom. The number of carbonyl (C=O) groups excluding carboxylic acids is 1. The molecule has 0 bridgehead atoms. The molecule has 5 nitrogen and oxygen atoms in total. The van der Waals surface area contributed by atoms with Gasteiger partial charge in [0.15, 0.2) is 0 Å². The fourth-order valence-electron chi connectivity index (χ4n) is 1.45. The predicted molar refractivity (Wildman–Crippen MR) is 65.9 cm³/mol. The van der Waals surface area contributed by atoms with Gasteiger partial charge >= 0.3 is 0 Å². The zero-order valence-corrected chi connectivity index (χ0v) is 11.1. The van der Waals surface area contributed by atoms with Crippen molar-refractivity contribution >= 4 is 5.91 Å². The molecule has 1 atom stereocenters. The highest BCUT2D eigenvalue weighted by Crippen LogP contribution is 2.02. The lowest BCUT2D eigenvalue weighted by Gasteiger charge is -2.22. The maximum absolute atomic E-state index is 11.9. The molecule has 0 aromatic carbocycles. The summed E-state index contributed by atoms with van der Waals surface area (Å²) in [7, 11) is 3.27. The van der Waals surface area contributed by atoms with Gasteiger partial charge < -0.3 is 19.5 Å². The number of aliphatic hydroxyl groups is 1. The summed E-state index contributed by atoms with van der Waals surface area (Å²) in [4.78, 5) is 13.6. The van der Waals surface area contributed by atoms with E-state index in [9.17, 15) is 4.79 Å². The van der Waals surface area contributed by atoms with Gasteiger partial charge in [0.2, 0.25) is 5.91 Å². The molecule has 17 heavy (non-hydrogen) atoms. The molecule has 1 unspecified atom stereocenters. The van der Waals surface area contributed by atoms with Gasteiger partial charge in [-0.25, -0.2) is 0 Å². The minimum absolute atomic E-state index is 0.0686. The van der Waals surface area contributed by atoms with Crippen LogP contribution in [0.4, 0.5) is 0 Å². The number of amides is 1. The minimum atomic E-state index is -0.429. The van der Waals surface area contributed by atoms with Gasteiger partial charge in [-0.05, 0) is 19.8 Å². The molecule has 0 spiro atoms. The molecule has 1 N–H and O–H groups in total. The van der Waals surface area contributed by atoms with Gasteiger partial charge in [-0.3, -0.25) is 4.79 Å². The lowest BCUT2D eigenvalue weighted by atomic mass is 10.2. The zero-order chi connectivity index (χ0) is 13.1. The van der Waals surface area contributed by atoms with E-state index in [-0.39, 0.29) is 5.91 Å². The van der Waals surface area contributed by atoms with Crippen LogP contribution in [0.5, 0.6) is 0 Å². The van der Waals surface area contributed by atoms with Gasteiger partial charge in [0.05, 0.1) is 12.7 Å². The van der Waals surface area contributed by atoms with Crippen molar-refractivity contribution in [3.63, 3.8) is 0 Å². The highest BCUT2D eigenvalue weighted by atomic mass is 16.5. The lowest BCUT2D eigenvalue weighted by Crippen LogP contribution is -2.35. The molecule has 0 fully saturated rings. The molecule has 0 saturated carbocycles. The van der Waals surface area contributed by atoms with Crippen molar-refractivity contribution in [1.82, 2.24) is 4.90 Å². The van der Waals surface area contributed by atoms with E-state index in [1.54, 1.807) is 26.0 Å². The Bertz CT molecular complexity index is 197. The quantitative estimate of drug-likeness (QED) is 0.576. The van der Waals surface area contributed by atoms with Crippen LogP contribution in [0.1, 0.15) is 26.2 Å². The van der Waals surface area contributed by atoms with Crippen molar-refractivity contribution in [2.45, 2.75) is 32.3 Å². The summed E-state index contributed by atoms with van der Waals surface area (Å²) in [5.74, 6) is 0.0686. The smallest absolute Gasteiger partial charge is 0.222 e. The second-order valence-electron chi connectivity index (χ2n) is 4.11. The summed E-state index contributed by atoms with van der Waals surface area (Å²) in [5, 5.41) is 9.16. The molecule has 0 aliphatic heterocycles. The molecule has 0 aliphatic rings. The SMILES string of the molecule is COCCCN(CCOC)C(=O)CCC(C)O. The van der Waals surface area contributed by atoms with E-state index in [1.807, 2.05) is 0 Å². The number of hydrogen-bond acceptors (Lipinski definition) is 4. The summed E-state index contributed by atoms with van der Waals surface area (Å²) < 4.78 is 9.95. The number of ether oxygens (including phenoxy) is 2. The first kappa shape index (κ1) is 16.4. The van der Waals surface area contributed by atoms with Gasteiger partial charge in [-0.15, -0.1) is 0 Å². The number of rotatable bonds is 10. The average Bonchev–Trinajstić information content (AvgIpc) is 2.30. The standard InChI is InChI=1S/C12H25NO4/c1-11(14)5-6-12(15)13(8-10-17-3)7-4-9-16-2/h11,14H,4-10H2,1-3H3. The third-order valence-corrected chi connectivity index (χ3v) is 2.47. The van der Waals surface area contributed by atoms with Crippen LogP contribution < -0.4 is 0 Å². The van der Waals surface area contributed by atoms with Crippen LogP contribution in [0.2, 0.25) is 0 Å². The molecule has 0 radical (unpaired) electrons. The van der Waals surface area contributed by atoms with Crippen LogP contribution in [0.25, 0.3) is 0 Å². The second-order valence-corrected chi connectivity index (χ2v) is 4.11. The fourth-order valence-corrected chi connectivity index (χ4v) is 1.45. The van der Waals surface area contributed by atoms with E-state index in [1.165, 1.54) is 0 Å². The first-order valence-electron chi connectivity index (χ1n) is 6.05. The van der Waals surface area contributed by atoms with Crippen LogP contribution in [-0.2, 0) is 14.3 Å². The topological polar surface area (TPSA) is 59.0 Å². The van der Waals surface area contributed by atoms with Gasteiger partial charge in [-0.1, -0.05) is 0 Å². The number of nitrogens with zero attached hydrogens (tertiary/aromatic N) is 1. The molecule has 0 aromatic heterocycles. The molecule has 102 valence electrons. The third kappa shape index (κ3) is 9.09. The van der Waals surface area contributed by atoms with E-state index >= 15 is 0 Å². The first-order chi connectivity index (χ1) is 8.11. The molecule has 0 heterocycles. The minimum Gasteiger partial charge on any atom is -0.393 e. The Labute approximate surface area is 104 Å². The molecule has 0 rings (SSSR count). The molecule has 0 saturated heterocycles. The Morgan fingerprint density at radius 2 is 1.88 bits per heavy atom. The van der Waals surface area contributed by atoms with E-state index in [0.717, 1.165) is 6.42 Å². The Hall–Kier alpha value is -0.650. The summed E-state index contributed by atoms with van der Waals surface area (Å²) >= 11 is 0. The maximum atomic E-state index is 11.9. The van der Waals surface area contributed by atoms with Gasteiger partial charge in [0.1, 0.15) is 0 Å². The van der Waals surface area contributed by atoms with Crippen molar-refractivity contribution in [3.05, 3.63) is 0 Å². The molecule has 5 heteroatoms. The highest BCUT2D eigenvalue weighted by Gasteiger charge is 2.13. The number of hydrogen-bond donors (Lipinski definition) is 1. The van der Waals surface area contributed by atoms with E-state index in [2.05, 4.69) is 0 Å². The van der Waals surface area contributed by atoms with Gasteiger partial charge in [0, 0.05) is 40.3 Å². The van der Waals surface area contributed by atoms with E-state index < -0.39 is 6.10 Å². The predicted octanol–water partition coefficient (Wildman–Crippen LogP) is 0.659. The van der Waals surface area contributed by atoms with Gasteiger partial charge in [-0.2, -0.15) is 0 Å². The maximum Gasteiger partial charge on any atom is 0.222 e. The summed E-state index contributed by atoms with van der Waals surface area (Å²) in [5.41, 5.74) is 0. The van der Waals surface area contributed by atoms with Crippen LogP contribution in [0, 0.1) is 0 Å². The van der Waals surface area contributed by atoms with Crippen molar-refractivity contribution in [3.8, 4) is 0 Å². The average molecular weight is 247 g/mol. The number of aliphatic hydroxyl groups excluding tert-OH is 1. The summed E-state index contributed by atoms with van der Waals surface area (Å²) in [6.45, 7) is 4.15. The molecule has 1 amide bonds. The third-order valence-electron chi connectivity index (χ3n) is 2.47. The summed E-state index contributed by atoms with van der Waals surface area (Å²) in [6, 6.07) is 0. The lowest BCUT2D eigenvalue weighted by molar-refractivity contribution is -0.132. The molecule has 0 aliphatic carbocycles. The number of methoxy groups -OCH3 is 2. The zero-order valence-electron chi connectivity index (χ0n) is 11.1. The largest absolute Gasteiger partial charge is 0.393 e. The van der Waals surface area contributed by atoms with Crippen molar-refractivity contribution in [2.75, 3.05) is 40.5 Å². The monoisotopic (exact) mass is 247 g/mol.